The average molecular weight is 230 g/mol. The maximum absolute atomic E-state index is 11.5. The Hall–Kier alpha value is -0.220. The van der Waals surface area contributed by atoms with E-state index in [9.17, 15) is 4.79 Å². The molecule has 0 aromatic rings. The van der Waals surface area contributed by atoms with Crippen LogP contribution in [0.15, 0.2) is 0 Å². The fraction of sp³-hybridized carbons (Fsp3) is 0.909. The lowest BCUT2D eigenvalue weighted by Gasteiger charge is -2.11. The van der Waals surface area contributed by atoms with Gasteiger partial charge in [-0.3, -0.25) is 4.79 Å². The molecular formula is C11H22N2OS. The third kappa shape index (κ3) is 6.05. The molecule has 1 amide bonds. The lowest BCUT2D eigenvalue weighted by atomic mass is 10.2. The van der Waals surface area contributed by atoms with Crippen LogP contribution in [-0.2, 0) is 4.79 Å². The SMILES string of the molecule is CSCC[C@H](N)C(=O)NCCCC1CC1. The van der Waals surface area contributed by atoms with Crippen molar-refractivity contribution >= 4 is 17.7 Å². The van der Waals surface area contributed by atoms with Crippen molar-refractivity contribution < 1.29 is 4.79 Å². The maximum atomic E-state index is 11.5. The number of hydrogen-bond donors (Lipinski definition) is 2. The van der Waals surface area contributed by atoms with Crippen molar-refractivity contribution in [1.82, 2.24) is 5.32 Å². The molecule has 3 N–H and O–H groups in total. The first kappa shape index (κ1) is 12.8. The zero-order valence-corrected chi connectivity index (χ0v) is 10.3. The molecule has 3 nitrogen and oxygen atoms in total. The van der Waals surface area contributed by atoms with Gasteiger partial charge in [-0.1, -0.05) is 12.8 Å². The van der Waals surface area contributed by atoms with Gasteiger partial charge in [0.2, 0.25) is 5.91 Å². The summed E-state index contributed by atoms with van der Waals surface area (Å²) in [5.41, 5.74) is 5.73. The molecular weight excluding hydrogens is 208 g/mol. The fourth-order valence-electron chi connectivity index (χ4n) is 1.52. The molecule has 1 aliphatic rings. The molecule has 1 atom stereocenters. The Labute approximate surface area is 96.6 Å². The van der Waals surface area contributed by atoms with Crippen molar-refractivity contribution in [3.8, 4) is 0 Å². The van der Waals surface area contributed by atoms with Gasteiger partial charge in [0.25, 0.3) is 0 Å². The summed E-state index contributed by atoms with van der Waals surface area (Å²) in [5, 5.41) is 2.90. The minimum absolute atomic E-state index is 0.0137. The van der Waals surface area contributed by atoms with Gasteiger partial charge in [0.05, 0.1) is 6.04 Å². The van der Waals surface area contributed by atoms with Gasteiger partial charge in [-0.2, -0.15) is 11.8 Å². The summed E-state index contributed by atoms with van der Waals surface area (Å²) in [6, 6.07) is -0.321. The van der Waals surface area contributed by atoms with Crippen LogP contribution >= 0.6 is 11.8 Å². The van der Waals surface area contributed by atoms with Crippen molar-refractivity contribution in [2.75, 3.05) is 18.6 Å². The van der Waals surface area contributed by atoms with Crippen LogP contribution in [0.4, 0.5) is 0 Å². The predicted octanol–water partition coefficient (Wildman–Crippen LogP) is 1.37. The normalized spacial score (nSPS) is 17.5. The highest BCUT2D eigenvalue weighted by Crippen LogP contribution is 2.33. The van der Waals surface area contributed by atoms with E-state index in [0.29, 0.717) is 0 Å². The Bertz CT molecular complexity index is 195. The summed E-state index contributed by atoms with van der Waals surface area (Å²) in [5.74, 6) is 1.92. The average Bonchev–Trinajstić information content (AvgIpc) is 3.04. The van der Waals surface area contributed by atoms with Crippen LogP contribution < -0.4 is 11.1 Å². The van der Waals surface area contributed by atoms with Crippen molar-refractivity contribution in [3.63, 3.8) is 0 Å². The van der Waals surface area contributed by atoms with E-state index in [4.69, 9.17) is 5.73 Å². The minimum Gasteiger partial charge on any atom is -0.355 e. The molecule has 0 aliphatic heterocycles. The van der Waals surface area contributed by atoms with E-state index < -0.39 is 0 Å². The standard InChI is InChI=1S/C11H22N2OS/c1-15-8-6-10(12)11(14)13-7-2-3-9-4-5-9/h9-10H,2-8,12H2,1H3,(H,13,14)/t10-/m0/s1. The number of carbonyl (C=O) groups excluding carboxylic acids is 1. The number of carbonyl (C=O) groups is 1. The van der Waals surface area contributed by atoms with Crippen LogP contribution in [0.5, 0.6) is 0 Å². The van der Waals surface area contributed by atoms with Crippen LogP contribution in [0.25, 0.3) is 0 Å². The summed E-state index contributed by atoms with van der Waals surface area (Å²) >= 11 is 1.73. The minimum atomic E-state index is -0.321. The van der Waals surface area contributed by atoms with Gasteiger partial charge >= 0.3 is 0 Å². The lowest BCUT2D eigenvalue weighted by Crippen LogP contribution is -2.41. The zero-order chi connectivity index (χ0) is 11.1. The smallest absolute Gasteiger partial charge is 0.236 e. The molecule has 0 heterocycles. The zero-order valence-electron chi connectivity index (χ0n) is 9.50. The summed E-state index contributed by atoms with van der Waals surface area (Å²) in [4.78, 5) is 11.5. The van der Waals surface area contributed by atoms with Gasteiger partial charge in [-0.05, 0) is 37.2 Å². The fourth-order valence-corrected chi connectivity index (χ4v) is 2.01. The number of nitrogens with two attached hydrogens (primary N) is 1. The largest absolute Gasteiger partial charge is 0.355 e. The maximum Gasteiger partial charge on any atom is 0.236 e. The van der Waals surface area contributed by atoms with Crippen LogP contribution in [0.1, 0.15) is 32.1 Å². The lowest BCUT2D eigenvalue weighted by molar-refractivity contribution is -0.122. The van der Waals surface area contributed by atoms with Crippen LogP contribution in [-0.4, -0.2) is 30.5 Å². The number of rotatable bonds is 8. The first-order chi connectivity index (χ1) is 7.24. The number of nitrogens with one attached hydrogen (secondary N) is 1. The van der Waals surface area contributed by atoms with Crippen LogP contribution in [0, 0.1) is 5.92 Å². The summed E-state index contributed by atoms with van der Waals surface area (Å²) < 4.78 is 0. The van der Waals surface area contributed by atoms with Crippen molar-refractivity contribution in [2.45, 2.75) is 38.1 Å². The van der Waals surface area contributed by atoms with E-state index in [2.05, 4.69) is 5.32 Å². The van der Waals surface area contributed by atoms with Gasteiger partial charge in [0.1, 0.15) is 0 Å². The van der Waals surface area contributed by atoms with Gasteiger partial charge in [-0.15, -0.1) is 0 Å². The second-order valence-electron chi connectivity index (χ2n) is 4.26. The first-order valence-corrected chi connectivity index (χ1v) is 7.15. The number of amides is 1. The van der Waals surface area contributed by atoms with E-state index in [0.717, 1.165) is 31.1 Å². The second-order valence-corrected chi connectivity index (χ2v) is 5.25. The topological polar surface area (TPSA) is 55.1 Å². The Morgan fingerprint density at radius 2 is 2.33 bits per heavy atom. The predicted molar refractivity (Wildman–Crippen MR) is 65.9 cm³/mol. The van der Waals surface area contributed by atoms with Crippen LogP contribution in [0.3, 0.4) is 0 Å². The highest BCUT2D eigenvalue weighted by atomic mass is 32.2. The molecule has 0 aromatic carbocycles. The summed E-state index contributed by atoms with van der Waals surface area (Å²) in [6.45, 7) is 0.794. The number of thioether (sulfide) groups is 1. The molecule has 0 saturated heterocycles. The molecule has 0 bridgehead atoms. The van der Waals surface area contributed by atoms with Crippen molar-refractivity contribution in [2.24, 2.45) is 11.7 Å². The molecule has 0 unspecified atom stereocenters. The third-order valence-electron chi connectivity index (χ3n) is 2.76. The molecule has 1 fully saturated rings. The molecule has 0 aromatic heterocycles. The van der Waals surface area contributed by atoms with E-state index >= 15 is 0 Å². The summed E-state index contributed by atoms with van der Waals surface area (Å²) in [6.07, 6.45) is 7.95. The summed E-state index contributed by atoms with van der Waals surface area (Å²) in [7, 11) is 0. The Kier molecular flexibility index (Phi) is 6.10. The van der Waals surface area contributed by atoms with Gasteiger partial charge in [0, 0.05) is 6.54 Å². The molecule has 0 radical (unpaired) electrons. The Morgan fingerprint density at radius 1 is 1.60 bits per heavy atom. The highest BCUT2D eigenvalue weighted by molar-refractivity contribution is 7.98. The van der Waals surface area contributed by atoms with Crippen molar-refractivity contribution in [1.29, 1.82) is 0 Å². The third-order valence-corrected chi connectivity index (χ3v) is 3.40. The Morgan fingerprint density at radius 3 is 2.93 bits per heavy atom. The van der Waals surface area contributed by atoms with Gasteiger partial charge < -0.3 is 11.1 Å². The molecule has 1 saturated carbocycles. The Balaban J connectivity index is 1.95. The highest BCUT2D eigenvalue weighted by Gasteiger charge is 2.20. The van der Waals surface area contributed by atoms with E-state index in [1.807, 2.05) is 6.26 Å². The molecule has 15 heavy (non-hydrogen) atoms. The van der Waals surface area contributed by atoms with E-state index in [-0.39, 0.29) is 11.9 Å². The van der Waals surface area contributed by atoms with Crippen LogP contribution in [0.2, 0.25) is 0 Å². The first-order valence-electron chi connectivity index (χ1n) is 5.76. The quantitative estimate of drug-likeness (QED) is 0.619. The number of hydrogen-bond acceptors (Lipinski definition) is 3. The van der Waals surface area contributed by atoms with Gasteiger partial charge in [-0.25, -0.2) is 0 Å². The molecule has 4 heteroatoms. The van der Waals surface area contributed by atoms with E-state index in [1.54, 1.807) is 11.8 Å². The molecule has 1 aliphatic carbocycles. The molecule has 88 valence electrons. The molecule has 1 rings (SSSR count). The second kappa shape index (κ2) is 7.12. The molecule has 0 spiro atoms. The van der Waals surface area contributed by atoms with Gasteiger partial charge in [0.15, 0.2) is 0 Å². The van der Waals surface area contributed by atoms with Crippen molar-refractivity contribution in [3.05, 3.63) is 0 Å². The van der Waals surface area contributed by atoms with E-state index in [1.165, 1.54) is 19.3 Å². The monoisotopic (exact) mass is 230 g/mol.